The summed E-state index contributed by atoms with van der Waals surface area (Å²) >= 11 is 3.16. The van der Waals surface area contributed by atoms with E-state index in [1.54, 1.807) is 6.07 Å². The molecule has 0 fully saturated rings. The molecule has 0 heterocycles. The topological polar surface area (TPSA) is 33.0 Å². The number of halogens is 3. The Balaban J connectivity index is 2.84. The second-order valence-electron chi connectivity index (χ2n) is 2.45. The smallest absolute Gasteiger partial charge is 0.272 e. The Hall–Kier alpha value is -1.15. The molecule has 0 bridgehead atoms. The average molecular weight is 262 g/mol. The predicted molar refractivity (Wildman–Crippen MR) is 50.4 cm³/mol. The normalized spacial score (nSPS) is 9.93. The summed E-state index contributed by atoms with van der Waals surface area (Å²) in [6.07, 6.45) is -2.54. The number of ether oxygens (including phenoxy) is 1. The second-order valence-corrected chi connectivity index (χ2v) is 3.37. The van der Waals surface area contributed by atoms with Crippen molar-refractivity contribution in [2.75, 3.05) is 6.61 Å². The van der Waals surface area contributed by atoms with Crippen molar-refractivity contribution in [3.63, 3.8) is 0 Å². The van der Waals surface area contributed by atoms with Gasteiger partial charge < -0.3 is 4.74 Å². The molecule has 0 aliphatic heterocycles. The van der Waals surface area contributed by atoms with E-state index in [-0.39, 0.29) is 11.3 Å². The maximum absolute atomic E-state index is 11.8. The minimum Gasteiger partial charge on any atom is -0.486 e. The minimum absolute atomic E-state index is 0.169. The number of hydrogen-bond acceptors (Lipinski definition) is 2. The zero-order valence-corrected chi connectivity index (χ0v) is 8.59. The molecule has 0 radical (unpaired) electrons. The lowest BCUT2D eigenvalue weighted by molar-refractivity contribution is 0.0817. The van der Waals surface area contributed by atoms with Gasteiger partial charge in [-0.15, -0.1) is 0 Å². The van der Waals surface area contributed by atoms with Gasteiger partial charge in [0.2, 0.25) is 0 Å². The van der Waals surface area contributed by atoms with Gasteiger partial charge >= 0.3 is 0 Å². The maximum atomic E-state index is 11.8. The van der Waals surface area contributed by atoms with Crippen LogP contribution < -0.4 is 4.74 Å². The van der Waals surface area contributed by atoms with E-state index >= 15 is 0 Å². The van der Waals surface area contributed by atoms with Crippen LogP contribution in [-0.2, 0) is 0 Å². The predicted octanol–water partition coefficient (Wildman–Crippen LogP) is 2.96. The van der Waals surface area contributed by atoms with E-state index in [0.717, 1.165) is 0 Å². The third-order valence-electron chi connectivity index (χ3n) is 1.43. The largest absolute Gasteiger partial charge is 0.486 e. The summed E-state index contributed by atoms with van der Waals surface area (Å²) in [4.78, 5) is 0. The summed E-state index contributed by atoms with van der Waals surface area (Å²) in [5, 5.41) is 8.64. The number of benzene rings is 1. The molecule has 1 aromatic rings. The van der Waals surface area contributed by atoms with Crippen molar-refractivity contribution in [2.45, 2.75) is 6.43 Å². The van der Waals surface area contributed by atoms with E-state index in [1.807, 2.05) is 6.07 Å². The Kier molecular flexibility index (Phi) is 3.84. The van der Waals surface area contributed by atoms with E-state index < -0.39 is 13.0 Å². The first-order valence-electron chi connectivity index (χ1n) is 3.74. The molecule has 1 rings (SSSR count). The molecule has 0 aliphatic rings. The minimum atomic E-state index is -2.54. The van der Waals surface area contributed by atoms with Crippen LogP contribution in [0.15, 0.2) is 22.7 Å². The Morgan fingerprint density at radius 1 is 1.50 bits per heavy atom. The molecule has 0 aromatic heterocycles. The third kappa shape index (κ3) is 2.96. The Morgan fingerprint density at radius 2 is 2.21 bits per heavy atom. The zero-order chi connectivity index (χ0) is 10.6. The maximum Gasteiger partial charge on any atom is 0.272 e. The van der Waals surface area contributed by atoms with Crippen LogP contribution in [0.1, 0.15) is 5.56 Å². The van der Waals surface area contributed by atoms with E-state index in [4.69, 9.17) is 10.00 Å². The molecule has 0 amide bonds. The second kappa shape index (κ2) is 4.91. The highest BCUT2D eigenvalue weighted by molar-refractivity contribution is 9.10. The summed E-state index contributed by atoms with van der Waals surface area (Å²) in [5.41, 5.74) is 0.244. The van der Waals surface area contributed by atoms with Crippen LogP contribution in [0, 0.1) is 11.3 Å². The van der Waals surface area contributed by atoms with Crippen molar-refractivity contribution in [2.24, 2.45) is 0 Å². The summed E-state index contributed by atoms with van der Waals surface area (Å²) in [7, 11) is 0. The molecule has 0 unspecified atom stereocenters. The van der Waals surface area contributed by atoms with Crippen LogP contribution in [0.3, 0.4) is 0 Å². The number of hydrogen-bond donors (Lipinski definition) is 0. The molecule has 74 valence electrons. The quantitative estimate of drug-likeness (QED) is 0.838. The number of rotatable bonds is 3. The standard InChI is InChI=1S/C9H6BrF2NO/c10-7-2-1-6(4-13)8(3-7)14-5-9(11)12/h1-3,9H,5H2. The van der Waals surface area contributed by atoms with Gasteiger partial charge in [0.1, 0.15) is 18.4 Å². The fourth-order valence-corrected chi connectivity index (χ4v) is 1.20. The van der Waals surface area contributed by atoms with Crippen LogP contribution in [0.5, 0.6) is 5.75 Å². The van der Waals surface area contributed by atoms with Gasteiger partial charge in [-0.2, -0.15) is 5.26 Å². The van der Waals surface area contributed by atoms with Gasteiger partial charge in [0.25, 0.3) is 6.43 Å². The van der Waals surface area contributed by atoms with Crippen LogP contribution in [0.4, 0.5) is 8.78 Å². The first-order chi connectivity index (χ1) is 6.63. The van der Waals surface area contributed by atoms with Gasteiger partial charge in [0, 0.05) is 4.47 Å². The van der Waals surface area contributed by atoms with Gasteiger partial charge in [-0.1, -0.05) is 15.9 Å². The molecule has 2 nitrogen and oxygen atoms in total. The lowest BCUT2D eigenvalue weighted by Gasteiger charge is -2.06. The highest BCUT2D eigenvalue weighted by atomic mass is 79.9. The Morgan fingerprint density at radius 3 is 2.79 bits per heavy atom. The monoisotopic (exact) mass is 261 g/mol. The number of nitriles is 1. The van der Waals surface area contributed by atoms with E-state index in [9.17, 15) is 8.78 Å². The lowest BCUT2D eigenvalue weighted by Crippen LogP contribution is -2.07. The van der Waals surface area contributed by atoms with Crippen molar-refractivity contribution >= 4 is 15.9 Å². The van der Waals surface area contributed by atoms with Crippen LogP contribution in [-0.4, -0.2) is 13.0 Å². The van der Waals surface area contributed by atoms with Gasteiger partial charge in [0.15, 0.2) is 0 Å². The molecule has 0 aliphatic carbocycles. The molecule has 0 saturated heterocycles. The Labute approximate surface area is 88.2 Å². The molecule has 0 saturated carbocycles. The average Bonchev–Trinajstić information content (AvgIpc) is 2.15. The molecular formula is C9H6BrF2NO. The highest BCUT2D eigenvalue weighted by Gasteiger charge is 2.07. The zero-order valence-electron chi connectivity index (χ0n) is 7.01. The molecule has 0 N–H and O–H groups in total. The molecule has 1 aromatic carbocycles. The van der Waals surface area contributed by atoms with E-state index in [1.165, 1.54) is 12.1 Å². The van der Waals surface area contributed by atoms with Crippen LogP contribution in [0.25, 0.3) is 0 Å². The van der Waals surface area contributed by atoms with Gasteiger partial charge in [0.05, 0.1) is 5.56 Å². The van der Waals surface area contributed by atoms with Crippen LogP contribution in [0.2, 0.25) is 0 Å². The molecule has 14 heavy (non-hydrogen) atoms. The number of alkyl halides is 2. The van der Waals surface area contributed by atoms with Gasteiger partial charge in [-0.3, -0.25) is 0 Å². The first kappa shape index (κ1) is 10.9. The molecule has 0 atom stereocenters. The van der Waals surface area contributed by atoms with Crippen molar-refractivity contribution in [3.8, 4) is 11.8 Å². The van der Waals surface area contributed by atoms with Crippen molar-refractivity contribution in [1.29, 1.82) is 5.26 Å². The highest BCUT2D eigenvalue weighted by Crippen LogP contribution is 2.23. The first-order valence-corrected chi connectivity index (χ1v) is 4.53. The van der Waals surface area contributed by atoms with E-state index in [0.29, 0.717) is 4.47 Å². The van der Waals surface area contributed by atoms with Crippen molar-refractivity contribution in [3.05, 3.63) is 28.2 Å². The van der Waals surface area contributed by atoms with Gasteiger partial charge in [-0.25, -0.2) is 8.78 Å². The van der Waals surface area contributed by atoms with Crippen molar-refractivity contribution < 1.29 is 13.5 Å². The fraction of sp³-hybridized carbons (Fsp3) is 0.222. The lowest BCUT2D eigenvalue weighted by atomic mass is 10.2. The third-order valence-corrected chi connectivity index (χ3v) is 1.92. The van der Waals surface area contributed by atoms with Crippen LogP contribution >= 0.6 is 15.9 Å². The molecule has 0 spiro atoms. The molecule has 5 heteroatoms. The van der Waals surface area contributed by atoms with Crippen molar-refractivity contribution in [1.82, 2.24) is 0 Å². The Bertz CT molecular complexity index is 362. The summed E-state index contributed by atoms with van der Waals surface area (Å²) in [6.45, 7) is -0.703. The summed E-state index contributed by atoms with van der Waals surface area (Å²) in [5.74, 6) is 0.169. The summed E-state index contributed by atoms with van der Waals surface area (Å²) < 4.78 is 29.1. The van der Waals surface area contributed by atoms with E-state index in [2.05, 4.69) is 15.9 Å². The SMILES string of the molecule is N#Cc1ccc(Br)cc1OCC(F)F. The molecular weight excluding hydrogens is 256 g/mol. The summed E-state index contributed by atoms with van der Waals surface area (Å²) in [6, 6.07) is 6.49. The fourth-order valence-electron chi connectivity index (χ4n) is 0.861. The van der Waals surface area contributed by atoms with Gasteiger partial charge in [-0.05, 0) is 18.2 Å². The number of nitrogens with zero attached hydrogens (tertiary/aromatic N) is 1.